The van der Waals surface area contributed by atoms with Crippen molar-refractivity contribution in [3.8, 4) is 0 Å². The largest absolute Gasteiger partial charge is 0.500 e. The van der Waals surface area contributed by atoms with E-state index in [-0.39, 0.29) is 0 Å². The highest BCUT2D eigenvalue weighted by atomic mass is 28.4. The van der Waals surface area contributed by atoms with Crippen molar-refractivity contribution in [1.82, 2.24) is 0 Å². The van der Waals surface area contributed by atoms with Crippen molar-refractivity contribution in [2.24, 2.45) is 11.5 Å². The molecule has 0 saturated heterocycles. The second-order valence-corrected chi connectivity index (χ2v) is 6.16. The molecule has 0 spiro atoms. The quantitative estimate of drug-likeness (QED) is 0.417. The summed E-state index contributed by atoms with van der Waals surface area (Å²) in [4.78, 5) is 0. The first kappa shape index (κ1) is 16.0. The average Bonchev–Trinajstić information content (AvgIpc) is 2.27. The molecule has 0 aromatic rings. The Bertz CT molecular complexity index is 155. The van der Waals surface area contributed by atoms with Crippen molar-refractivity contribution in [2.45, 2.75) is 32.7 Å². The molecule has 0 aromatic carbocycles. The van der Waals surface area contributed by atoms with Crippen molar-refractivity contribution in [3.63, 3.8) is 0 Å². The van der Waals surface area contributed by atoms with Gasteiger partial charge in [0.2, 0.25) is 0 Å². The number of nitrogens with two attached hydrogens (primary N) is 2. The summed E-state index contributed by atoms with van der Waals surface area (Å²) in [6, 6.07) is 0.825. The lowest BCUT2D eigenvalue weighted by molar-refractivity contribution is 0.0688. The molecule has 4 N–H and O–H groups in total. The molecule has 0 amide bonds. The molecule has 0 fully saturated rings. The average molecular weight is 250 g/mol. The minimum absolute atomic E-state index is 0.492. The van der Waals surface area contributed by atoms with E-state index in [0.29, 0.717) is 32.9 Å². The standard InChI is InChI=1S/C10H26N2O3Si/c1-3-13-16(14-4-2,15-9-8-12)10-6-5-7-11/h3-12H2,1-2H3. The third-order valence-corrected chi connectivity index (χ3v) is 5.17. The van der Waals surface area contributed by atoms with Gasteiger partial charge in [-0.05, 0) is 33.2 Å². The molecule has 0 aliphatic carbocycles. The lowest BCUT2D eigenvalue weighted by Crippen LogP contribution is -2.47. The minimum Gasteiger partial charge on any atom is -0.374 e. The number of rotatable bonds is 11. The van der Waals surface area contributed by atoms with Crippen molar-refractivity contribution in [2.75, 3.05) is 32.9 Å². The van der Waals surface area contributed by atoms with Crippen molar-refractivity contribution in [3.05, 3.63) is 0 Å². The zero-order valence-corrected chi connectivity index (χ0v) is 11.5. The Morgan fingerprint density at radius 1 is 0.875 bits per heavy atom. The molecule has 0 aromatic heterocycles. The Labute approximate surface area is 99.8 Å². The normalized spacial score (nSPS) is 12.0. The third kappa shape index (κ3) is 6.57. The van der Waals surface area contributed by atoms with Gasteiger partial charge in [0.25, 0.3) is 0 Å². The molecule has 16 heavy (non-hydrogen) atoms. The number of hydrogen-bond acceptors (Lipinski definition) is 5. The Morgan fingerprint density at radius 3 is 1.94 bits per heavy atom. The van der Waals surface area contributed by atoms with Gasteiger partial charge in [-0.3, -0.25) is 0 Å². The highest BCUT2D eigenvalue weighted by molar-refractivity contribution is 6.60. The van der Waals surface area contributed by atoms with E-state index >= 15 is 0 Å². The molecule has 0 atom stereocenters. The molecule has 0 unspecified atom stereocenters. The first-order chi connectivity index (χ1) is 7.74. The van der Waals surface area contributed by atoms with Crippen LogP contribution >= 0.6 is 0 Å². The fraction of sp³-hybridized carbons (Fsp3) is 1.00. The molecular formula is C10H26N2O3Si. The van der Waals surface area contributed by atoms with Gasteiger partial charge in [-0.1, -0.05) is 0 Å². The lowest BCUT2D eigenvalue weighted by Gasteiger charge is -2.28. The van der Waals surface area contributed by atoms with E-state index in [9.17, 15) is 0 Å². The van der Waals surface area contributed by atoms with Gasteiger partial charge in [-0.25, -0.2) is 0 Å². The summed E-state index contributed by atoms with van der Waals surface area (Å²) in [6.45, 7) is 6.81. The van der Waals surface area contributed by atoms with Crippen LogP contribution < -0.4 is 11.5 Å². The Balaban J connectivity index is 4.24. The smallest absolute Gasteiger partial charge is 0.374 e. The SMILES string of the molecule is CCO[Si](CCCCN)(OCC)OCCN. The van der Waals surface area contributed by atoms with Crippen molar-refractivity contribution < 1.29 is 13.3 Å². The third-order valence-electron chi connectivity index (χ3n) is 2.11. The maximum Gasteiger partial charge on any atom is 0.500 e. The summed E-state index contributed by atoms with van der Waals surface area (Å²) in [5, 5.41) is 0. The van der Waals surface area contributed by atoms with Gasteiger partial charge >= 0.3 is 8.80 Å². The van der Waals surface area contributed by atoms with Crippen LogP contribution in [0.4, 0.5) is 0 Å². The molecule has 0 heterocycles. The van der Waals surface area contributed by atoms with E-state index in [1.54, 1.807) is 0 Å². The second kappa shape index (κ2) is 10.2. The highest BCUT2D eigenvalue weighted by Gasteiger charge is 2.39. The van der Waals surface area contributed by atoms with Crippen LogP contribution in [0.25, 0.3) is 0 Å². The first-order valence-corrected chi connectivity index (χ1v) is 7.99. The molecule has 0 aliphatic rings. The fourth-order valence-electron chi connectivity index (χ4n) is 1.48. The van der Waals surface area contributed by atoms with Crippen LogP contribution in [-0.4, -0.2) is 41.7 Å². The number of hydrogen-bond donors (Lipinski definition) is 2. The van der Waals surface area contributed by atoms with Crippen LogP contribution in [0.3, 0.4) is 0 Å². The van der Waals surface area contributed by atoms with Gasteiger partial charge in [-0.2, -0.15) is 0 Å². The summed E-state index contributed by atoms with van der Waals surface area (Å²) < 4.78 is 17.2. The molecule has 0 bridgehead atoms. The van der Waals surface area contributed by atoms with E-state index in [1.807, 2.05) is 13.8 Å². The van der Waals surface area contributed by atoms with Gasteiger partial charge in [0.05, 0.1) is 6.61 Å². The molecule has 98 valence electrons. The van der Waals surface area contributed by atoms with Crippen LogP contribution in [0, 0.1) is 0 Å². The van der Waals surface area contributed by atoms with E-state index in [2.05, 4.69) is 0 Å². The minimum atomic E-state index is -2.49. The fourth-order valence-corrected chi connectivity index (χ4v) is 4.16. The van der Waals surface area contributed by atoms with Crippen LogP contribution in [0.5, 0.6) is 0 Å². The lowest BCUT2D eigenvalue weighted by atomic mass is 10.3. The van der Waals surface area contributed by atoms with E-state index in [1.165, 1.54) is 0 Å². The second-order valence-electron chi connectivity index (χ2n) is 3.43. The molecule has 0 rings (SSSR count). The topological polar surface area (TPSA) is 79.7 Å². The first-order valence-electron chi connectivity index (χ1n) is 6.06. The molecule has 0 aliphatic heterocycles. The monoisotopic (exact) mass is 250 g/mol. The van der Waals surface area contributed by atoms with E-state index in [0.717, 1.165) is 18.9 Å². The Kier molecular flexibility index (Phi) is 10.2. The van der Waals surface area contributed by atoms with Gasteiger partial charge in [-0.15, -0.1) is 0 Å². The summed E-state index contributed by atoms with van der Waals surface area (Å²) in [7, 11) is -2.49. The molecule has 0 radical (unpaired) electrons. The van der Waals surface area contributed by atoms with Crippen molar-refractivity contribution >= 4 is 8.80 Å². The van der Waals surface area contributed by atoms with Crippen LogP contribution in [0.1, 0.15) is 26.7 Å². The van der Waals surface area contributed by atoms with Gasteiger partial charge in [0.1, 0.15) is 0 Å². The molecule has 5 nitrogen and oxygen atoms in total. The van der Waals surface area contributed by atoms with Crippen LogP contribution in [0.2, 0.25) is 6.04 Å². The molecule has 6 heteroatoms. The Morgan fingerprint density at radius 2 is 1.50 bits per heavy atom. The molecule has 0 saturated carbocycles. The summed E-state index contributed by atoms with van der Waals surface area (Å²) in [5.74, 6) is 0. The predicted molar refractivity (Wildman–Crippen MR) is 67.1 cm³/mol. The summed E-state index contributed by atoms with van der Waals surface area (Å²) in [6.07, 6.45) is 1.95. The zero-order chi connectivity index (χ0) is 12.3. The van der Waals surface area contributed by atoms with Gasteiger partial charge in [0, 0.05) is 25.8 Å². The maximum absolute atomic E-state index is 5.73. The summed E-state index contributed by atoms with van der Waals surface area (Å²) >= 11 is 0. The zero-order valence-electron chi connectivity index (χ0n) is 10.5. The molecular weight excluding hydrogens is 224 g/mol. The van der Waals surface area contributed by atoms with Crippen molar-refractivity contribution in [1.29, 1.82) is 0 Å². The predicted octanol–water partition coefficient (Wildman–Crippen LogP) is 0.713. The van der Waals surface area contributed by atoms with E-state index < -0.39 is 8.80 Å². The highest BCUT2D eigenvalue weighted by Crippen LogP contribution is 2.18. The summed E-state index contributed by atoms with van der Waals surface area (Å²) in [5.41, 5.74) is 10.9. The van der Waals surface area contributed by atoms with Gasteiger partial charge < -0.3 is 24.7 Å². The van der Waals surface area contributed by atoms with Crippen LogP contribution in [-0.2, 0) is 13.3 Å². The Hall–Kier alpha value is 0.0169. The van der Waals surface area contributed by atoms with Crippen LogP contribution in [0.15, 0.2) is 0 Å². The maximum atomic E-state index is 5.73. The van der Waals surface area contributed by atoms with E-state index in [4.69, 9.17) is 24.7 Å². The van der Waals surface area contributed by atoms with Gasteiger partial charge in [0.15, 0.2) is 0 Å². The number of unbranched alkanes of at least 4 members (excludes halogenated alkanes) is 1.